The van der Waals surface area contributed by atoms with Crippen LogP contribution in [0, 0.1) is 0 Å². The lowest BCUT2D eigenvalue weighted by molar-refractivity contribution is 0.767. The molecule has 1 aromatic heterocycles. The predicted molar refractivity (Wildman–Crippen MR) is 307 cm³/mol. The van der Waals surface area contributed by atoms with Crippen molar-refractivity contribution in [2.75, 3.05) is 4.90 Å². The minimum Gasteiger partial charge on any atom is -0.314 e. The van der Waals surface area contributed by atoms with Crippen LogP contribution < -0.4 is 4.90 Å². The second-order valence-corrected chi connectivity index (χ2v) is 19.5. The molecule has 0 bridgehead atoms. The molecule has 2 aliphatic rings. The quantitative estimate of drug-likeness (QED) is 0.140. The van der Waals surface area contributed by atoms with E-state index in [9.17, 15) is 0 Å². The van der Waals surface area contributed by atoms with Gasteiger partial charge in [0.05, 0.1) is 22.1 Å². The van der Waals surface area contributed by atoms with Crippen LogP contribution in [0.25, 0.3) is 77.2 Å². The smallest absolute Gasteiger partial charge is 0.0714 e. The number of rotatable bonds is 9. The third-order valence-corrected chi connectivity index (χ3v) is 15.6. The molecule has 0 atom stereocenters. The van der Waals surface area contributed by atoms with E-state index >= 15 is 0 Å². The molecule has 0 unspecified atom stereocenters. The molecule has 0 radical (unpaired) electrons. The van der Waals surface area contributed by atoms with Gasteiger partial charge in [0.15, 0.2) is 0 Å². The number of para-hydroxylation sites is 1. The molecule has 344 valence electrons. The zero-order valence-corrected chi connectivity index (χ0v) is 40.4. The fourth-order valence-corrected chi connectivity index (χ4v) is 12.3. The van der Waals surface area contributed by atoms with Crippen molar-refractivity contribution >= 4 is 49.5 Å². The summed E-state index contributed by atoms with van der Waals surface area (Å²) in [6.45, 7) is 0. The van der Waals surface area contributed by atoms with E-state index < -0.39 is 5.41 Å². The number of benzene rings is 11. The van der Waals surface area contributed by atoms with E-state index in [1.54, 1.807) is 0 Å². The first-order chi connectivity index (χ1) is 36.2. The molecule has 0 saturated carbocycles. The molecule has 0 saturated heterocycles. The summed E-state index contributed by atoms with van der Waals surface area (Å²) in [5, 5.41) is 4.95. The van der Waals surface area contributed by atoms with Gasteiger partial charge in [0.25, 0.3) is 0 Å². The largest absolute Gasteiger partial charge is 0.314 e. The average Bonchev–Trinajstić information content (AvgIpc) is 3.98. The molecule has 2 aliphatic carbocycles. The maximum Gasteiger partial charge on any atom is 0.0714 e. The van der Waals surface area contributed by atoms with Crippen LogP contribution in [-0.4, -0.2) is 4.57 Å². The maximum atomic E-state index is 2.50. The van der Waals surface area contributed by atoms with Gasteiger partial charge >= 0.3 is 0 Å². The Balaban J connectivity index is 0.891. The first kappa shape index (κ1) is 42.6. The number of anilines is 2. The van der Waals surface area contributed by atoms with Crippen LogP contribution in [0.5, 0.6) is 0 Å². The Bertz CT molecular complexity index is 4080. The van der Waals surface area contributed by atoms with Gasteiger partial charge in [-0.05, 0) is 134 Å². The molecule has 0 N–H and O–H groups in total. The molecule has 0 spiro atoms. The zero-order valence-electron chi connectivity index (χ0n) is 40.4. The zero-order chi connectivity index (χ0) is 48.3. The molecule has 2 heteroatoms. The molecule has 73 heavy (non-hydrogen) atoms. The van der Waals surface area contributed by atoms with Crippen molar-refractivity contribution in [2.45, 2.75) is 18.3 Å². The normalized spacial score (nSPS) is 13.6. The summed E-state index contributed by atoms with van der Waals surface area (Å²) in [6, 6.07) is 98.7. The van der Waals surface area contributed by atoms with E-state index in [0.717, 1.165) is 24.2 Å². The predicted octanol–water partition coefficient (Wildman–Crippen LogP) is 18.5. The molecule has 12 aromatic rings. The Labute approximate surface area is 426 Å². The molecule has 0 fully saturated rings. The van der Waals surface area contributed by atoms with Crippen LogP contribution in [0.4, 0.5) is 11.4 Å². The number of allylic oxidation sites excluding steroid dienone is 4. The van der Waals surface area contributed by atoms with Crippen LogP contribution in [0.1, 0.15) is 40.7 Å². The minimum absolute atomic E-state index is 0.495. The van der Waals surface area contributed by atoms with Crippen molar-refractivity contribution in [3.8, 4) is 39.1 Å². The van der Waals surface area contributed by atoms with E-state index in [1.165, 1.54) is 111 Å². The monoisotopic (exact) mass is 930 g/mol. The molecule has 14 rings (SSSR count). The highest BCUT2D eigenvalue weighted by atomic mass is 15.1. The first-order valence-corrected chi connectivity index (χ1v) is 25.5. The lowest BCUT2D eigenvalue weighted by Crippen LogP contribution is -2.28. The van der Waals surface area contributed by atoms with Crippen molar-refractivity contribution < 1.29 is 0 Å². The summed E-state index contributed by atoms with van der Waals surface area (Å²) in [6.07, 6.45) is 6.57. The van der Waals surface area contributed by atoms with Gasteiger partial charge in [-0.1, -0.05) is 231 Å². The Morgan fingerprint density at radius 3 is 1.68 bits per heavy atom. The van der Waals surface area contributed by atoms with Crippen LogP contribution in [0.2, 0.25) is 0 Å². The molecule has 0 aliphatic heterocycles. The van der Waals surface area contributed by atoms with Gasteiger partial charge in [-0.2, -0.15) is 0 Å². The van der Waals surface area contributed by atoms with Crippen LogP contribution in [-0.2, 0) is 5.41 Å². The molecular weight excluding hydrogens is 881 g/mol. The topological polar surface area (TPSA) is 8.17 Å². The Hall–Kier alpha value is -9.24. The average molecular weight is 931 g/mol. The van der Waals surface area contributed by atoms with E-state index in [1.807, 2.05) is 0 Å². The van der Waals surface area contributed by atoms with Crippen LogP contribution in [0.15, 0.2) is 285 Å². The lowest BCUT2D eigenvalue weighted by Gasteiger charge is -2.34. The highest BCUT2D eigenvalue weighted by Crippen LogP contribution is 2.57. The van der Waals surface area contributed by atoms with Gasteiger partial charge in [-0.15, -0.1) is 0 Å². The molecule has 11 aromatic carbocycles. The van der Waals surface area contributed by atoms with E-state index in [0.29, 0.717) is 0 Å². The summed E-state index contributed by atoms with van der Waals surface area (Å²) in [5.41, 5.74) is 21.8. The van der Waals surface area contributed by atoms with Crippen LogP contribution in [0.3, 0.4) is 0 Å². The summed E-state index contributed by atoms with van der Waals surface area (Å²) < 4.78 is 2.50. The van der Waals surface area contributed by atoms with Crippen molar-refractivity contribution in [3.05, 3.63) is 313 Å². The number of aromatic nitrogens is 1. The summed E-state index contributed by atoms with van der Waals surface area (Å²) in [4.78, 5) is 2.48. The Morgan fingerprint density at radius 2 is 0.945 bits per heavy atom. The fraction of sp³-hybridized carbons (Fsp3) is 0.0423. The number of hydrogen-bond acceptors (Lipinski definition) is 1. The number of nitrogens with zero attached hydrogens (tertiary/aromatic N) is 2. The van der Waals surface area contributed by atoms with Gasteiger partial charge < -0.3 is 9.47 Å². The SMILES string of the molecule is C1=C(c2ccccc2)CCC(N(c2ccc(-c3ccccc3-c3ccc4c5ccccc5n(-c5ccc6c(c5)C(c5ccccc5)(c5ccccc5)c5ccccc5-6)c4c3)cc2)c2cccc3ccccc23)=C1. The van der Waals surface area contributed by atoms with Crippen molar-refractivity contribution in [1.29, 1.82) is 0 Å². The highest BCUT2D eigenvalue weighted by molar-refractivity contribution is 6.11. The third kappa shape index (κ3) is 6.94. The second kappa shape index (κ2) is 17.6. The van der Waals surface area contributed by atoms with E-state index in [2.05, 4.69) is 289 Å². The van der Waals surface area contributed by atoms with Gasteiger partial charge in [0.2, 0.25) is 0 Å². The first-order valence-electron chi connectivity index (χ1n) is 25.5. The second-order valence-electron chi connectivity index (χ2n) is 19.5. The minimum atomic E-state index is -0.495. The Kier molecular flexibility index (Phi) is 10.3. The van der Waals surface area contributed by atoms with Crippen LogP contribution >= 0.6 is 0 Å². The fourth-order valence-electron chi connectivity index (χ4n) is 12.3. The van der Waals surface area contributed by atoms with Gasteiger partial charge in [-0.3, -0.25) is 0 Å². The summed E-state index contributed by atoms with van der Waals surface area (Å²) in [5.74, 6) is 0. The number of hydrogen-bond donors (Lipinski definition) is 0. The molecule has 2 nitrogen and oxygen atoms in total. The molecule has 0 amide bonds. The van der Waals surface area contributed by atoms with Gasteiger partial charge in [0, 0.05) is 33.2 Å². The van der Waals surface area contributed by atoms with Crippen molar-refractivity contribution in [2.24, 2.45) is 0 Å². The van der Waals surface area contributed by atoms with E-state index in [-0.39, 0.29) is 0 Å². The lowest BCUT2D eigenvalue weighted by atomic mass is 9.67. The van der Waals surface area contributed by atoms with Crippen molar-refractivity contribution in [1.82, 2.24) is 4.57 Å². The molecular formula is C71H50N2. The molecule has 1 heterocycles. The summed E-state index contributed by atoms with van der Waals surface area (Å²) >= 11 is 0. The third-order valence-electron chi connectivity index (χ3n) is 15.6. The maximum absolute atomic E-state index is 2.50. The number of fused-ring (bicyclic) bond motifs is 7. The standard InChI is InChI=1S/C71H50N2/c1-4-19-49(20-5-1)50-35-40-56(41-36-50)72(68-34-18-22-51-21-10-11-29-61(51)68)57-42-37-52(38-43-57)59-27-12-13-28-60(59)53-39-45-65-64-31-15-17-33-69(64)73(70(65)47-53)58-44-46-63-62-30-14-16-32-66(62)71(67(63)48-58,54-23-6-2-7-24-54)55-25-8-3-9-26-55/h1-35,37-40,42-48H,36,41H2. The van der Waals surface area contributed by atoms with E-state index in [4.69, 9.17) is 0 Å². The highest BCUT2D eigenvalue weighted by Gasteiger charge is 2.46. The van der Waals surface area contributed by atoms with Gasteiger partial charge in [0.1, 0.15) is 0 Å². The van der Waals surface area contributed by atoms with Crippen molar-refractivity contribution in [3.63, 3.8) is 0 Å². The van der Waals surface area contributed by atoms with Gasteiger partial charge in [-0.25, -0.2) is 0 Å². The Morgan fingerprint density at radius 1 is 0.356 bits per heavy atom. The summed E-state index contributed by atoms with van der Waals surface area (Å²) in [7, 11) is 0.